The number of aliphatic hydroxyl groups is 1. The molecule has 0 saturated heterocycles. The number of carbonyl (C=O) groups is 1. The Morgan fingerprint density at radius 2 is 2.28 bits per heavy atom. The van der Waals surface area contributed by atoms with Gasteiger partial charge in [-0.3, -0.25) is 0 Å². The van der Waals surface area contributed by atoms with E-state index in [1.807, 2.05) is 0 Å². The van der Waals surface area contributed by atoms with Gasteiger partial charge in [-0.05, 0) is 17.7 Å². The maximum absolute atomic E-state index is 11.4. The summed E-state index contributed by atoms with van der Waals surface area (Å²) in [6.45, 7) is 3.72. The van der Waals surface area contributed by atoms with E-state index in [4.69, 9.17) is 14.2 Å². The molecule has 0 aromatic heterocycles. The van der Waals surface area contributed by atoms with Crippen LogP contribution in [-0.4, -0.2) is 30.6 Å². The second-order valence-corrected chi connectivity index (χ2v) is 3.83. The topological polar surface area (TPSA) is 65.0 Å². The Morgan fingerprint density at radius 1 is 1.50 bits per heavy atom. The Balaban J connectivity index is 1.96. The molecule has 0 fully saturated rings. The number of aliphatic hydroxyl groups excluding tert-OH is 1. The number of benzene rings is 1. The SMILES string of the molecule is C=CCOC(=O)C(O)Cc1ccc2c(c1)OCO2. The number of rotatable bonds is 5. The molecule has 0 aliphatic carbocycles. The van der Waals surface area contributed by atoms with Crippen molar-refractivity contribution in [1.82, 2.24) is 0 Å². The van der Waals surface area contributed by atoms with Gasteiger partial charge in [-0.2, -0.15) is 0 Å². The van der Waals surface area contributed by atoms with Gasteiger partial charge in [0.2, 0.25) is 6.79 Å². The van der Waals surface area contributed by atoms with Gasteiger partial charge in [-0.15, -0.1) is 0 Å². The fraction of sp³-hybridized carbons (Fsp3) is 0.308. The summed E-state index contributed by atoms with van der Waals surface area (Å²) in [5, 5.41) is 9.67. The fourth-order valence-corrected chi connectivity index (χ4v) is 1.61. The van der Waals surface area contributed by atoms with Crippen molar-refractivity contribution in [3.8, 4) is 11.5 Å². The van der Waals surface area contributed by atoms with Crippen LogP contribution in [0, 0.1) is 0 Å². The molecule has 1 atom stereocenters. The van der Waals surface area contributed by atoms with Crippen molar-refractivity contribution in [3.05, 3.63) is 36.4 Å². The summed E-state index contributed by atoms with van der Waals surface area (Å²) in [7, 11) is 0. The van der Waals surface area contributed by atoms with Crippen LogP contribution in [0.4, 0.5) is 0 Å². The van der Waals surface area contributed by atoms with Gasteiger partial charge >= 0.3 is 5.97 Å². The lowest BCUT2D eigenvalue weighted by Crippen LogP contribution is -2.25. The summed E-state index contributed by atoms with van der Waals surface area (Å²) in [6.07, 6.45) is 0.433. The Kier molecular flexibility index (Phi) is 3.84. The number of hydrogen-bond acceptors (Lipinski definition) is 5. The maximum Gasteiger partial charge on any atom is 0.335 e. The van der Waals surface area contributed by atoms with Crippen LogP contribution in [0.25, 0.3) is 0 Å². The number of ether oxygens (including phenoxy) is 3. The quantitative estimate of drug-likeness (QED) is 0.625. The van der Waals surface area contributed by atoms with Crippen LogP contribution in [-0.2, 0) is 16.0 Å². The van der Waals surface area contributed by atoms with Crippen molar-refractivity contribution in [3.63, 3.8) is 0 Å². The zero-order chi connectivity index (χ0) is 13.0. The maximum atomic E-state index is 11.4. The highest BCUT2D eigenvalue weighted by atomic mass is 16.7. The second kappa shape index (κ2) is 5.55. The summed E-state index contributed by atoms with van der Waals surface area (Å²) in [4.78, 5) is 11.4. The summed E-state index contributed by atoms with van der Waals surface area (Å²) in [6, 6.07) is 5.27. The minimum absolute atomic E-state index is 0.0943. The molecule has 5 heteroatoms. The van der Waals surface area contributed by atoms with Crippen LogP contribution in [0.15, 0.2) is 30.9 Å². The summed E-state index contributed by atoms with van der Waals surface area (Å²) in [5.74, 6) is 0.634. The molecule has 5 nitrogen and oxygen atoms in total. The van der Waals surface area contributed by atoms with E-state index >= 15 is 0 Å². The van der Waals surface area contributed by atoms with Crippen LogP contribution in [0.3, 0.4) is 0 Å². The lowest BCUT2D eigenvalue weighted by Gasteiger charge is -2.10. The van der Waals surface area contributed by atoms with Crippen LogP contribution >= 0.6 is 0 Å². The van der Waals surface area contributed by atoms with E-state index in [2.05, 4.69) is 6.58 Å². The van der Waals surface area contributed by atoms with E-state index in [9.17, 15) is 9.90 Å². The van der Waals surface area contributed by atoms with Crippen molar-refractivity contribution in [2.75, 3.05) is 13.4 Å². The van der Waals surface area contributed by atoms with Gasteiger partial charge in [0.25, 0.3) is 0 Å². The smallest absolute Gasteiger partial charge is 0.335 e. The molecular weight excluding hydrogens is 236 g/mol. The Morgan fingerprint density at radius 3 is 3.06 bits per heavy atom. The molecule has 1 aromatic carbocycles. The molecule has 0 bridgehead atoms. The van der Waals surface area contributed by atoms with Crippen molar-refractivity contribution < 1.29 is 24.1 Å². The first-order chi connectivity index (χ1) is 8.70. The fourth-order valence-electron chi connectivity index (χ4n) is 1.61. The van der Waals surface area contributed by atoms with Crippen LogP contribution < -0.4 is 9.47 Å². The van der Waals surface area contributed by atoms with Gasteiger partial charge in [0, 0.05) is 6.42 Å². The number of carbonyl (C=O) groups excluding carboxylic acids is 1. The van der Waals surface area contributed by atoms with E-state index in [1.165, 1.54) is 6.08 Å². The standard InChI is InChI=1S/C13H14O5/c1-2-5-16-13(15)10(14)6-9-3-4-11-12(7-9)18-8-17-11/h2-4,7,10,14H,1,5-6,8H2. The molecule has 1 aliphatic heterocycles. The number of hydrogen-bond donors (Lipinski definition) is 1. The third-order valence-electron chi connectivity index (χ3n) is 2.48. The first-order valence-electron chi connectivity index (χ1n) is 5.55. The van der Waals surface area contributed by atoms with E-state index in [-0.39, 0.29) is 19.8 Å². The predicted molar refractivity (Wildman–Crippen MR) is 63.4 cm³/mol. The average Bonchev–Trinajstić information content (AvgIpc) is 2.83. The third-order valence-corrected chi connectivity index (χ3v) is 2.48. The van der Waals surface area contributed by atoms with Gasteiger partial charge in [-0.25, -0.2) is 4.79 Å². The largest absolute Gasteiger partial charge is 0.460 e. The highest BCUT2D eigenvalue weighted by Crippen LogP contribution is 2.32. The second-order valence-electron chi connectivity index (χ2n) is 3.83. The lowest BCUT2D eigenvalue weighted by atomic mass is 10.1. The van der Waals surface area contributed by atoms with Crippen molar-refractivity contribution in [2.24, 2.45) is 0 Å². The van der Waals surface area contributed by atoms with Gasteiger partial charge in [0.15, 0.2) is 17.6 Å². The molecule has 0 amide bonds. The van der Waals surface area contributed by atoms with Crippen LogP contribution in [0.2, 0.25) is 0 Å². The van der Waals surface area contributed by atoms with Gasteiger partial charge in [0.05, 0.1) is 0 Å². The van der Waals surface area contributed by atoms with E-state index in [0.717, 1.165) is 5.56 Å². The first kappa shape index (κ1) is 12.4. The monoisotopic (exact) mass is 250 g/mol. The van der Waals surface area contributed by atoms with Gasteiger partial charge < -0.3 is 19.3 Å². The molecule has 2 rings (SSSR count). The zero-order valence-corrected chi connectivity index (χ0v) is 9.80. The Hall–Kier alpha value is -2.01. The Labute approximate surface area is 105 Å². The zero-order valence-electron chi connectivity index (χ0n) is 9.80. The molecule has 1 N–H and O–H groups in total. The minimum Gasteiger partial charge on any atom is -0.460 e. The molecule has 1 aromatic rings. The van der Waals surface area contributed by atoms with Crippen molar-refractivity contribution in [2.45, 2.75) is 12.5 Å². The van der Waals surface area contributed by atoms with Gasteiger partial charge in [-0.1, -0.05) is 18.7 Å². The first-order valence-corrected chi connectivity index (χ1v) is 5.55. The van der Waals surface area contributed by atoms with Crippen molar-refractivity contribution in [1.29, 1.82) is 0 Å². The highest BCUT2D eigenvalue weighted by molar-refractivity contribution is 5.74. The normalized spacial score (nSPS) is 14.1. The van der Waals surface area contributed by atoms with Crippen LogP contribution in [0.1, 0.15) is 5.56 Å². The molecule has 1 unspecified atom stereocenters. The molecule has 1 heterocycles. The molecule has 0 radical (unpaired) electrons. The highest BCUT2D eigenvalue weighted by Gasteiger charge is 2.19. The molecule has 96 valence electrons. The third kappa shape index (κ3) is 2.81. The summed E-state index contributed by atoms with van der Waals surface area (Å²) in [5.41, 5.74) is 0.780. The summed E-state index contributed by atoms with van der Waals surface area (Å²) < 4.78 is 15.1. The lowest BCUT2D eigenvalue weighted by molar-refractivity contribution is -0.152. The van der Waals surface area contributed by atoms with E-state index in [0.29, 0.717) is 11.5 Å². The Bertz CT molecular complexity index is 455. The minimum atomic E-state index is -1.19. The number of esters is 1. The molecule has 0 saturated carbocycles. The van der Waals surface area contributed by atoms with E-state index in [1.54, 1.807) is 18.2 Å². The molecular formula is C13H14O5. The average molecular weight is 250 g/mol. The van der Waals surface area contributed by atoms with E-state index < -0.39 is 12.1 Å². The molecule has 1 aliphatic rings. The predicted octanol–water partition coefficient (Wildman–Crippen LogP) is 1.05. The summed E-state index contributed by atoms with van der Waals surface area (Å²) >= 11 is 0. The molecule has 0 spiro atoms. The van der Waals surface area contributed by atoms with Crippen LogP contribution in [0.5, 0.6) is 11.5 Å². The molecule has 18 heavy (non-hydrogen) atoms. The number of fused-ring (bicyclic) bond motifs is 1. The van der Waals surface area contributed by atoms with Gasteiger partial charge in [0.1, 0.15) is 6.61 Å². The van der Waals surface area contributed by atoms with Crippen molar-refractivity contribution >= 4 is 5.97 Å².